The molecule has 4 heteroatoms. The lowest BCUT2D eigenvalue weighted by atomic mass is 10.1. The molecular formula is C19H17N3S. The maximum atomic E-state index is 5.90. The minimum absolute atomic E-state index is 0.463. The smallest absolute Gasteiger partial charge is 0.180 e. The summed E-state index contributed by atoms with van der Waals surface area (Å²) in [5, 5.41) is 11.0. The molecule has 0 unspecified atom stereocenters. The molecule has 0 spiro atoms. The molecule has 3 aromatic rings. The van der Waals surface area contributed by atoms with Crippen LogP contribution in [-0.4, -0.2) is 11.4 Å². The van der Waals surface area contributed by atoms with Gasteiger partial charge in [-0.1, -0.05) is 84.6 Å². The van der Waals surface area contributed by atoms with E-state index in [0.717, 1.165) is 16.7 Å². The summed E-state index contributed by atoms with van der Waals surface area (Å²) < 4.78 is 0. The van der Waals surface area contributed by atoms with Crippen LogP contribution in [0.25, 0.3) is 10.8 Å². The molecule has 23 heavy (non-hydrogen) atoms. The standard InChI is InChI=1S/C19H17N3S/c20-19(23-14-15-7-2-1-3-8-15)22-21-13-17-11-6-10-16-9-4-5-12-18(16)17/h1-13H,14H2,(H2,20,22). The van der Waals surface area contributed by atoms with Gasteiger partial charge in [0.15, 0.2) is 5.17 Å². The van der Waals surface area contributed by atoms with Gasteiger partial charge in [0, 0.05) is 11.3 Å². The van der Waals surface area contributed by atoms with Crippen LogP contribution in [0.1, 0.15) is 11.1 Å². The first-order chi connectivity index (χ1) is 11.3. The molecule has 0 fully saturated rings. The number of rotatable bonds is 4. The molecule has 114 valence electrons. The summed E-state index contributed by atoms with van der Waals surface area (Å²) in [5.74, 6) is 0.792. The van der Waals surface area contributed by atoms with Crippen LogP contribution < -0.4 is 5.73 Å². The molecule has 0 saturated heterocycles. The predicted molar refractivity (Wildman–Crippen MR) is 101 cm³/mol. The van der Waals surface area contributed by atoms with Crippen LogP contribution in [0.4, 0.5) is 0 Å². The molecule has 0 heterocycles. The van der Waals surface area contributed by atoms with Gasteiger partial charge in [0.05, 0.1) is 6.21 Å². The topological polar surface area (TPSA) is 50.7 Å². The predicted octanol–water partition coefficient (Wildman–Crippen LogP) is 4.42. The molecule has 0 radical (unpaired) electrons. The highest BCUT2D eigenvalue weighted by atomic mass is 32.2. The Labute approximate surface area is 139 Å². The van der Waals surface area contributed by atoms with Gasteiger partial charge in [0.25, 0.3) is 0 Å². The van der Waals surface area contributed by atoms with Crippen molar-refractivity contribution in [2.24, 2.45) is 15.9 Å². The van der Waals surface area contributed by atoms with Gasteiger partial charge in [-0.25, -0.2) is 0 Å². The maximum absolute atomic E-state index is 5.90. The number of hydrogen-bond donors (Lipinski definition) is 1. The van der Waals surface area contributed by atoms with Crippen molar-refractivity contribution in [2.45, 2.75) is 5.75 Å². The van der Waals surface area contributed by atoms with Crippen LogP contribution in [0.5, 0.6) is 0 Å². The molecule has 0 aromatic heterocycles. The van der Waals surface area contributed by atoms with E-state index in [9.17, 15) is 0 Å². The molecule has 0 aliphatic carbocycles. The van der Waals surface area contributed by atoms with Crippen molar-refractivity contribution >= 4 is 33.9 Å². The van der Waals surface area contributed by atoms with E-state index in [4.69, 9.17) is 5.73 Å². The fraction of sp³-hybridized carbons (Fsp3) is 0.0526. The summed E-state index contributed by atoms with van der Waals surface area (Å²) >= 11 is 1.48. The van der Waals surface area contributed by atoms with E-state index < -0.39 is 0 Å². The molecule has 0 aliphatic heterocycles. The Morgan fingerprint density at radius 3 is 2.52 bits per heavy atom. The minimum Gasteiger partial charge on any atom is -0.377 e. The third-order valence-corrected chi connectivity index (χ3v) is 4.26. The molecule has 0 atom stereocenters. The summed E-state index contributed by atoms with van der Waals surface area (Å²) in [6.45, 7) is 0. The first-order valence-corrected chi connectivity index (χ1v) is 8.32. The molecular weight excluding hydrogens is 302 g/mol. The Balaban J connectivity index is 1.67. The van der Waals surface area contributed by atoms with E-state index in [1.807, 2.05) is 42.5 Å². The highest BCUT2D eigenvalue weighted by molar-refractivity contribution is 8.13. The Bertz CT molecular complexity index is 836. The first-order valence-electron chi connectivity index (χ1n) is 7.34. The summed E-state index contributed by atoms with van der Waals surface area (Å²) in [4.78, 5) is 0. The zero-order chi connectivity index (χ0) is 15.9. The van der Waals surface area contributed by atoms with E-state index in [1.165, 1.54) is 22.7 Å². The van der Waals surface area contributed by atoms with Crippen LogP contribution in [0.15, 0.2) is 83.0 Å². The largest absolute Gasteiger partial charge is 0.377 e. The summed E-state index contributed by atoms with van der Waals surface area (Å²) in [6.07, 6.45) is 1.75. The zero-order valence-corrected chi connectivity index (χ0v) is 13.4. The van der Waals surface area contributed by atoms with Gasteiger partial charge in [-0.15, -0.1) is 5.10 Å². The second kappa shape index (κ2) is 7.61. The van der Waals surface area contributed by atoms with Crippen LogP contribution in [0, 0.1) is 0 Å². The van der Waals surface area contributed by atoms with Crippen molar-refractivity contribution in [3.63, 3.8) is 0 Å². The lowest BCUT2D eigenvalue weighted by Crippen LogP contribution is -2.06. The number of benzene rings is 3. The van der Waals surface area contributed by atoms with Crippen molar-refractivity contribution in [2.75, 3.05) is 0 Å². The van der Waals surface area contributed by atoms with E-state index in [2.05, 4.69) is 40.5 Å². The molecule has 3 nitrogen and oxygen atoms in total. The molecule has 3 aromatic carbocycles. The van der Waals surface area contributed by atoms with Crippen LogP contribution in [0.2, 0.25) is 0 Å². The van der Waals surface area contributed by atoms with Gasteiger partial charge in [0.2, 0.25) is 0 Å². The van der Waals surface area contributed by atoms with Crippen molar-refractivity contribution in [3.05, 3.63) is 83.9 Å². The van der Waals surface area contributed by atoms with E-state index in [-0.39, 0.29) is 0 Å². The van der Waals surface area contributed by atoms with Crippen molar-refractivity contribution in [1.82, 2.24) is 0 Å². The first kappa shape index (κ1) is 15.3. The highest BCUT2D eigenvalue weighted by Gasteiger charge is 1.98. The van der Waals surface area contributed by atoms with Gasteiger partial charge in [-0.3, -0.25) is 0 Å². The third-order valence-electron chi connectivity index (χ3n) is 3.41. The van der Waals surface area contributed by atoms with Crippen LogP contribution in [-0.2, 0) is 5.75 Å². The van der Waals surface area contributed by atoms with Crippen molar-refractivity contribution < 1.29 is 0 Å². The molecule has 3 rings (SSSR count). The maximum Gasteiger partial charge on any atom is 0.180 e. The Hall–Kier alpha value is -2.59. The number of hydrogen-bond acceptors (Lipinski definition) is 3. The Morgan fingerprint density at radius 2 is 1.65 bits per heavy atom. The van der Waals surface area contributed by atoms with Crippen molar-refractivity contribution in [3.8, 4) is 0 Å². The average molecular weight is 319 g/mol. The van der Waals surface area contributed by atoms with Crippen LogP contribution >= 0.6 is 11.8 Å². The lowest BCUT2D eigenvalue weighted by Gasteiger charge is -2.01. The van der Waals surface area contributed by atoms with E-state index in [1.54, 1.807) is 6.21 Å². The van der Waals surface area contributed by atoms with Crippen molar-refractivity contribution in [1.29, 1.82) is 0 Å². The Morgan fingerprint density at radius 1 is 0.913 bits per heavy atom. The van der Waals surface area contributed by atoms with Gasteiger partial charge >= 0.3 is 0 Å². The Kier molecular flexibility index (Phi) is 5.06. The van der Waals surface area contributed by atoms with Gasteiger partial charge < -0.3 is 5.73 Å². The normalized spacial score (nSPS) is 12.1. The zero-order valence-electron chi connectivity index (χ0n) is 12.6. The number of thioether (sulfide) groups is 1. The summed E-state index contributed by atoms with van der Waals surface area (Å²) in [7, 11) is 0. The van der Waals surface area contributed by atoms with Gasteiger partial charge in [-0.05, 0) is 16.3 Å². The minimum atomic E-state index is 0.463. The van der Waals surface area contributed by atoms with Gasteiger partial charge in [0.1, 0.15) is 0 Å². The fourth-order valence-corrected chi connectivity index (χ4v) is 2.88. The number of nitrogens with two attached hydrogens (primary N) is 1. The SMILES string of the molecule is NC(=NN=Cc1cccc2ccccc12)SCc1ccccc1. The summed E-state index contributed by atoms with van der Waals surface area (Å²) in [5.41, 5.74) is 8.15. The molecule has 0 amide bonds. The molecule has 2 N–H and O–H groups in total. The molecule has 0 saturated carbocycles. The quantitative estimate of drug-likeness (QED) is 0.439. The molecule has 0 aliphatic rings. The van der Waals surface area contributed by atoms with Crippen LogP contribution in [0.3, 0.4) is 0 Å². The number of fused-ring (bicyclic) bond motifs is 1. The monoisotopic (exact) mass is 319 g/mol. The summed E-state index contributed by atoms with van der Waals surface area (Å²) in [6, 6.07) is 24.5. The molecule has 0 bridgehead atoms. The lowest BCUT2D eigenvalue weighted by molar-refractivity contribution is 1.25. The fourth-order valence-electron chi connectivity index (χ4n) is 2.27. The highest BCUT2D eigenvalue weighted by Crippen LogP contribution is 2.17. The average Bonchev–Trinajstić information content (AvgIpc) is 2.61. The number of amidine groups is 1. The third kappa shape index (κ3) is 4.20. The second-order valence-electron chi connectivity index (χ2n) is 5.03. The second-order valence-corrected chi connectivity index (χ2v) is 6.02. The van der Waals surface area contributed by atoms with E-state index in [0.29, 0.717) is 5.17 Å². The van der Waals surface area contributed by atoms with Gasteiger partial charge in [-0.2, -0.15) is 5.10 Å². The number of nitrogens with zero attached hydrogens (tertiary/aromatic N) is 2. The van der Waals surface area contributed by atoms with E-state index >= 15 is 0 Å².